The Morgan fingerprint density at radius 3 is 2.25 bits per heavy atom. The molecule has 1 atom stereocenters. The lowest BCUT2D eigenvalue weighted by atomic mass is 9.95. The Hall–Kier alpha value is -0.670. The molecule has 0 aliphatic heterocycles. The van der Waals surface area contributed by atoms with E-state index in [4.69, 9.17) is 9.05 Å². The Kier molecular flexibility index (Phi) is 5.79. The van der Waals surface area contributed by atoms with Gasteiger partial charge in [-0.3, -0.25) is 9.88 Å². The number of rotatable bonds is 6. The lowest BCUT2D eigenvalue weighted by Gasteiger charge is -2.31. The monoisotopic (exact) mass is 297 g/mol. The van der Waals surface area contributed by atoms with Crippen molar-refractivity contribution in [3.05, 3.63) is 35.9 Å². The number of benzene rings is 1. The summed E-state index contributed by atoms with van der Waals surface area (Å²) in [6.45, 7) is 0. The average molecular weight is 297 g/mol. The van der Waals surface area contributed by atoms with Gasteiger partial charge in [-0.15, -0.1) is 0 Å². The van der Waals surface area contributed by atoms with Gasteiger partial charge in [0.25, 0.3) is 0 Å². The van der Waals surface area contributed by atoms with Crippen LogP contribution in [0.3, 0.4) is 0 Å². The van der Waals surface area contributed by atoms with E-state index in [0.29, 0.717) is 6.04 Å². The third-order valence-corrected chi connectivity index (χ3v) is 6.04. The van der Waals surface area contributed by atoms with Crippen LogP contribution in [0.15, 0.2) is 30.3 Å². The predicted molar refractivity (Wildman–Crippen MR) is 80.8 cm³/mol. The summed E-state index contributed by atoms with van der Waals surface area (Å²) in [4.78, 5) is 0. The zero-order chi connectivity index (χ0) is 14.4. The van der Waals surface area contributed by atoms with Gasteiger partial charge < -0.3 is 9.05 Å². The molecule has 4 nitrogen and oxygen atoms in total. The number of nitrogens with one attached hydrogen (secondary N) is 1. The van der Waals surface area contributed by atoms with Crippen molar-refractivity contribution in [1.82, 2.24) is 5.32 Å². The molecule has 0 amide bonds. The minimum absolute atomic E-state index is 0.382. The molecule has 1 aromatic rings. The fourth-order valence-corrected chi connectivity index (χ4v) is 4.28. The van der Waals surface area contributed by atoms with E-state index in [2.05, 4.69) is 5.32 Å². The highest BCUT2D eigenvalue weighted by Crippen LogP contribution is 2.58. The van der Waals surface area contributed by atoms with Gasteiger partial charge in [0.2, 0.25) is 0 Å². The molecular weight excluding hydrogens is 273 g/mol. The zero-order valence-corrected chi connectivity index (χ0v) is 13.1. The van der Waals surface area contributed by atoms with Crippen molar-refractivity contribution < 1.29 is 13.6 Å². The molecule has 1 fully saturated rings. The third kappa shape index (κ3) is 3.70. The summed E-state index contributed by atoms with van der Waals surface area (Å²) in [5, 5.41) is 3.50. The fourth-order valence-electron chi connectivity index (χ4n) is 2.78. The molecule has 112 valence electrons. The molecule has 1 aliphatic carbocycles. The normalized spacial score (nSPS) is 18.9. The van der Waals surface area contributed by atoms with E-state index in [9.17, 15) is 4.57 Å². The first-order valence-corrected chi connectivity index (χ1v) is 8.83. The van der Waals surface area contributed by atoms with Gasteiger partial charge in [0.15, 0.2) is 0 Å². The number of hydrogen-bond donors (Lipinski definition) is 1. The molecule has 0 radical (unpaired) electrons. The van der Waals surface area contributed by atoms with Gasteiger partial charge in [0, 0.05) is 20.3 Å². The fraction of sp³-hybridized carbons (Fsp3) is 0.600. The van der Waals surface area contributed by atoms with E-state index >= 15 is 0 Å². The average Bonchev–Trinajstić information content (AvgIpc) is 2.54. The molecule has 1 unspecified atom stereocenters. The third-order valence-electron chi connectivity index (χ3n) is 3.94. The van der Waals surface area contributed by atoms with E-state index < -0.39 is 13.4 Å². The van der Waals surface area contributed by atoms with Crippen LogP contribution in [0.1, 0.15) is 43.5 Å². The smallest absolute Gasteiger partial charge is 0.311 e. The van der Waals surface area contributed by atoms with Crippen LogP contribution in [0.4, 0.5) is 0 Å². The Labute approximate surface area is 121 Å². The van der Waals surface area contributed by atoms with Crippen LogP contribution in [0.5, 0.6) is 0 Å². The lowest BCUT2D eigenvalue weighted by molar-refractivity contribution is 0.249. The van der Waals surface area contributed by atoms with Crippen molar-refractivity contribution in [2.24, 2.45) is 0 Å². The predicted octanol–water partition coefficient (Wildman–Crippen LogP) is 4.09. The Bertz CT molecular complexity index is 438. The molecular formula is C15H24NO3P. The first kappa shape index (κ1) is 15.7. The van der Waals surface area contributed by atoms with E-state index in [1.165, 1.54) is 33.5 Å². The van der Waals surface area contributed by atoms with Crippen molar-refractivity contribution in [3.8, 4) is 0 Å². The molecule has 1 saturated carbocycles. The van der Waals surface area contributed by atoms with Crippen molar-refractivity contribution in [2.45, 2.75) is 43.9 Å². The van der Waals surface area contributed by atoms with Crippen LogP contribution >= 0.6 is 7.60 Å². The van der Waals surface area contributed by atoms with Crippen LogP contribution in [0.25, 0.3) is 0 Å². The van der Waals surface area contributed by atoms with Crippen LogP contribution in [0.2, 0.25) is 0 Å². The molecule has 0 heterocycles. The molecule has 2 rings (SSSR count). The van der Waals surface area contributed by atoms with E-state index in [0.717, 1.165) is 18.4 Å². The summed E-state index contributed by atoms with van der Waals surface area (Å²) in [5.74, 6) is -0.401. The molecule has 1 N–H and O–H groups in total. The highest BCUT2D eigenvalue weighted by Gasteiger charge is 2.36. The zero-order valence-electron chi connectivity index (χ0n) is 12.2. The Balaban J connectivity index is 2.22. The van der Waals surface area contributed by atoms with Crippen molar-refractivity contribution in [3.63, 3.8) is 0 Å². The quantitative estimate of drug-likeness (QED) is 0.803. The minimum atomic E-state index is -3.19. The number of hydrogen-bond acceptors (Lipinski definition) is 4. The summed E-state index contributed by atoms with van der Waals surface area (Å²) in [5.41, 5.74) is 0.949. The van der Waals surface area contributed by atoms with Gasteiger partial charge in [-0.05, 0) is 18.4 Å². The van der Waals surface area contributed by atoms with Gasteiger partial charge >= 0.3 is 7.60 Å². The van der Waals surface area contributed by atoms with Crippen LogP contribution in [0, 0.1) is 0 Å². The van der Waals surface area contributed by atoms with Crippen LogP contribution in [-0.4, -0.2) is 20.3 Å². The maximum atomic E-state index is 12.8. The molecule has 5 heteroatoms. The maximum Gasteiger partial charge on any atom is 0.351 e. The van der Waals surface area contributed by atoms with Gasteiger partial charge in [-0.1, -0.05) is 49.6 Å². The largest absolute Gasteiger partial charge is 0.351 e. The molecule has 1 aromatic carbocycles. The molecule has 0 bridgehead atoms. The van der Waals surface area contributed by atoms with Crippen molar-refractivity contribution in [2.75, 3.05) is 14.2 Å². The highest BCUT2D eigenvalue weighted by molar-refractivity contribution is 7.54. The van der Waals surface area contributed by atoms with E-state index in [1.807, 2.05) is 30.3 Å². The van der Waals surface area contributed by atoms with Crippen LogP contribution in [-0.2, 0) is 13.6 Å². The second-order valence-electron chi connectivity index (χ2n) is 5.22. The SMILES string of the molecule is COP(=O)(OC)C(NC1CCCCC1)c1ccccc1. The topological polar surface area (TPSA) is 47.6 Å². The Morgan fingerprint density at radius 2 is 1.70 bits per heavy atom. The Morgan fingerprint density at radius 1 is 1.10 bits per heavy atom. The summed E-state index contributed by atoms with van der Waals surface area (Å²) in [6.07, 6.45) is 5.99. The molecule has 20 heavy (non-hydrogen) atoms. The lowest BCUT2D eigenvalue weighted by Crippen LogP contribution is -2.34. The van der Waals surface area contributed by atoms with E-state index in [1.54, 1.807) is 0 Å². The van der Waals surface area contributed by atoms with Gasteiger partial charge in [0.05, 0.1) is 0 Å². The first-order chi connectivity index (χ1) is 9.69. The summed E-state index contributed by atoms with van der Waals surface area (Å²) in [7, 11) is -0.297. The highest BCUT2D eigenvalue weighted by atomic mass is 31.2. The summed E-state index contributed by atoms with van der Waals surface area (Å²) in [6, 6.07) is 10.1. The van der Waals surface area contributed by atoms with Crippen molar-refractivity contribution in [1.29, 1.82) is 0 Å². The maximum absolute atomic E-state index is 12.8. The van der Waals surface area contributed by atoms with Gasteiger partial charge in [-0.25, -0.2) is 0 Å². The standard InChI is InChI=1S/C15H24NO3P/c1-18-20(17,19-2)15(13-9-5-3-6-10-13)16-14-11-7-4-8-12-14/h3,5-6,9-10,14-16H,4,7-8,11-12H2,1-2H3. The molecule has 0 aromatic heterocycles. The summed E-state index contributed by atoms with van der Waals surface area (Å²) >= 11 is 0. The second kappa shape index (κ2) is 7.37. The molecule has 0 saturated heterocycles. The van der Waals surface area contributed by atoms with Crippen LogP contribution < -0.4 is 5.32 Å². The molecule has 0 spiro atoms. The minimum Gasteiger partial charge on any atom is -0.311 e. The van der Waals surface area contributed by atoms with E-state index in [-0.39, 0.29) is 0 Å². The van der Waals surface area contributed by atoms with Gasteiger partial charge in [0.1, 0.15) is 5.78 Å². The van der Waals surface area contributed by atoms with Crippen molar-refractivity contribution >= 4 is 7.60 Å². The van der Waals surface area contributed by atoms with Gasteiger partial charge in [-0.2, -0.15) is 0 Å². The molecule has 1 aliphatic rings. The first-order valence-electron chi connectivity index (χ1n) is 7.22. The summed E-state index contributed by atoms with van der Waals surface area (Å²) < 4.78 is 23.2. The second-order valence-corrected chi connectivity index (χ2v) is 7.55.